The molecule has 0 saturated carbocycles. The van der Waals surface area contributed by atoms with Crippen LogP contribution in [-0.2, 0) is 10.0 Å². The lowest BCUT2D eigenvalue weighted by molar-refractivity contribution is 0.186. The summed E-state index contributed by atoms with van der Waals surface area (Å²) in [7, 11) is -3.21. The zero-order valence-corrected chi connectivity index (χ0v) is 14.4. The summed E-state index contributed by atoms with van der Waals surface area (Å²) in [6, 6.07) is 12.6. The largest absolute Gasteiger partial charge is 0.268 e. The lowest BCUT2D eigenvalue weighted by Crippen LogP contribution is -2.53. The molecule has 3 rings (SSSR count). The van der Waals surface area contributed by atoms with Crippen molar-refractivity contribution >= 4 is 10.0 Å². The molecule has 0 atom stereocenters. The van der Waals surface area contributed by atoms with E-state index in [0.29, 0.717) is 25.2 Å². The number of hydrogen-bond acceptors (Lipinski definition) is 4. The predicted octanol–water partition coefficient (Wildman–Crippen LogP) is 1.90. The molecule has 0 aliphatic carbocycles. The number of hydrogen-bond donors (Lipinski definition) is 0. The van der Waals surface area contributed by atoms with Gasteiger partial charge in [0.1, 0.15) is 0 Å². The Labute approximate surface area is 141 Å². The van der Waals surface area contributed by atoms with Crippen molar-refractivity contribution in [2.45, 2.75) is 25.8 Å². The van der Waals surface area contributed by atoms with Gasteiger partial charge in [0.2, 0.25) is 10.0 Å². The summed E-state index contributed by atoms with van der Waals surface area (Å²) in [5.74, 6) is 0.169. The van der Waals surface area contributed by atoms with Crippen molar-refractivity contribution in [3.05, 3.63) is 52.8 Å². The summed E-state index contributed by atoms with van der Waals surface area (Å²) in [6.45, 7) is 2.60. The van der Waals surface area contributed by atoms with E-state index in [1.54, 1.807) is 6.07 Å². The van der Waals surface area contributed by atoms with Crippen LogP contribution in [-0.4, -0.2) is 41.3 Å². The fourth-order valence-electron chi connectivity index (χ4n) is 2.70. The Bertz CT molecular complexity index is 856. The highest BCUT2D eigenvalue weighted by Crippen LogP contribution is 2.24. The van der Waals surface area contributed by atoms with Crippen LogP contribution in [0.5, 0.6) is 0 Å². The van der Waals surface area contributed by atoms with Crippen LogP contribution >= 0.6 is 0 Å². The Kier molecular flexibility index (Phi) is 4.82. The van der Waals surface area contributed by atoms with E-state index in [1.807, 2.05) is 37.3 Å². The summed E-state index contributed by atoms with van der Waals surface area (Å²) in [5, 5.41) is 4.43. The Morgan fingerprint density at radius 2 is 1.83 bits per heavy atom. The number of rotatable bonds is 6. The highest BCUT2D eigenvalue weighted by atomic mass is 32.2. The first-order valence-corrected chi connectivity index (χ1v) is 9.75. The Morgan fingerprint density at radius 1 is 1.12 bits per heavy atom. The highest BCUT2D eigenvalue weighted by Gasteiger charge is 2.37. The van der Waals surface area contributed by atoms with Gasteiger partial charge >= 0.3 is 0 Å². The van der Waals surface area contributed by atoms with E-state index >= 15 is 0 Å². The second kappa shape index (κ2) is 6.86. The van der Waals surface area contributed by atoms with Crippen LogP contribution < -0.4 is 5.56 Å². The van der Waals surface area contributed by atoms with Crippen molar-refractivity contribution in [3.8, 4) is 11.3 Å². The maximum absolute atomic E-state index is 12.1. The molecule has 2 aromatic rings. The molecule has 0 unspecified atom stereocenters. The standard InChI is InChI=1S/C17H21N3O3S/c1-2-3-11-24(22,23)19-12-15(13-19)20-17(21)10-9-16(18-20)14-7-5-4-6-8-14/h4-10,15H,2-3,11-13H2,1H3. The molecule has 0 amide bonds. The third kappa shape index (κ3) is 3.42. The molecule has 1 aliphatic rings. The molecule has 0 bridgehead atoms. The van der Waals surface area contributed by atoms with Gasteiger partial charge in [0, 0.05) is 24.7 Å². The maximum Gasteiger partial charge on any atom is 0.267 e. The van der Waals surface area contributed by atoms with Gasteiger partial charge in [-0.05, 0) is 12.5 Å². The number of nitrogens with zero attached hydrogens (tertiary/aromatic N) is 3. The van der Waals surface area contributed by atoms with Gasteiger partial charge in [0.25, 0.3) is 5.56 Å². The van der Waals surface area contributed by atoms with Gasteiger partial charge in [-0.3, -0.25) is 4.79 Å². The van der Waals surface area contributed by atoms with Gasteiger partial charge < -0.3 is 0 Å². The van der Waals surface area contributed by atoms with Gasteiger partial charge in [-0.25, -0.2) is 13.1 Å². The zero-order valence-electron chi connectivity index (χ0n) is 13.6. The van der Waals surface area contributed by atoms with E-state index < -0.39 is 10.0 Å². The molecule has 128 valence electrons. The minimum atomic E-state index is -3.21. The minimum absolute atomic E-state index is 0.169. The summed E-state index contributed by atoms with van der Waals surface area (Å²) in [4.78, 5) is 12.1. The number of sulfonamides is 1. The Morgan fingerprint density at radius 3 is 2.50 bits per heavy atom. The molecule has 7 heteroatoms. The third-order valence-corrected chi connectivity index (χ3v) is 6.11. The van der Waals surface area contributed by atoms with Gasteiger partial charge in [-0.15, -0.1) is 0 Å². The van der Waals surface area contributed by atoms with Crippen LogP contribution in [0.4, 0.5) is 0 Å². The molecule has 1 saturated heterocycles. The maximum atomic E-state index is 12.1. The van der Waals surface area contributed by atoms with E-state index in [-0.39, 0.29) is 17.4 Å². The van der Waals surface area contributed by atoms with Crippen molar-refractivity contribution in [2.24, 2.45) is 0 Å². The lowest BCUT2D eigenvalue weighted by Gasteiger charge is -2.38. The van der Waals surface area contributed by atoms with Crippen molar-refractivity contribution in [1.82, 2.24) is 14.1 Å². The van der Waals surface area contributed by atoms with Crippen molar-refractivity contribution in [3.63, 3.8) is 0 Å². The van der Waals surface area contributed by atoms with Crippen LogP contribution in [0.15, 0.2) is 47.3 Å². The molecular formula is C17H21N3O3S. The van der Waals surface area contributed by atoms with E-state index in [1.165, 1.54) is 15.1 Å². The van der Waals surface area contributed by atoms with Crippen molar-refractivity contribution < 1.29 is 8.42 Å². The fourth-order valence-corrected chi connectivity index (χ4v) is 4.41. The van der Waals surface area contributed by atoms with E-state index in [0.717, 1.165) is 12.0 Å². The quantitative estimate of drug-likeness (QED) is 0.800. The molecule has 1 aromatic heterocycles. The average molecular weight is 347 g/mol. The lowest BCUT2D eigenvalue weighted by atomic mass is 10.1. The van der Waals surface area contributed by atoms with E-state index in [2.05, 4.69) is 5.10 Å². The van der Waals surface area contributed by atoms with E-state index in [9.17, 15) is 13.2 Å². The van der Waals surface area contributed by atoms with Crippen LogP contribution in [0.3, 0.4) is 0 Å². The Balaban J connectivity index is 1.77. The molecule has 0 N–H and O–H groups in total. The summed E-state index contributed by atoms with van der Waals surface area (Å²) < 4.78 is 27.1. The Hall–Kier alpha value is -1.99. The number of aromatic nitrogens is 2. The number of unbranched alkanes of at least 4 members (excludes halogenated alkanes) is 1. The molecule has 1 fully saturated rings. The molecule has 1 aliphatic heterocycles. The normalized spacial score (nSPS) is 16.0. The molecule has 0 spiro atoms. The molecule has 2 heterocycles. The first-order chi connectivity index (χ1) is 11.5. The smallest absolute Gasteiger partial charge is 0.267 e. The highest BCUT2D eigenvalue weighted by molar-refractivity contribution is 7.89. The SMILES string of the molecule is CCCCS(=O)(=O)N1CC(n2nc(-c3ccccc3)ccc2=O)C1. The van der Waals surface area contributed by atoms with Crippen LogP contribution in [0.2, 0.25) is 0 Å². The van der Waals surface area contributed by atoms with Gasteiger partial charge in [0.15, 0.2) is 0 Å². The number of benzene rings is 1. The first-order valence-electron chi connectivity index (χ1n) is 8.14. The predicted molar refractivity (Wildman–Crippen MR) is 93.2 cm³/mol. The minimum Gasteiger partial charge on any atom is -0.268 e. The van der Waals surface area contributed by atoms with Gasteiger partial charge in [-0.2, -0.15) is 9.40 Å². The summed E-state index contributed by atoms with van der Waals surface area (Å²) >= 11 is 0. The van der Waals surface area contributed by atoms with Crippen LogP contribution in [0.25, 0.3) is 11.3 Å². The molecule has 1 aromatic carbocycles. The summed E-state index contributed by atoms with van der Waals surface area (Å²) in [6.07, 6.45) is 1.50. The second-order valence-electron chi connectivity index (χ2n) is 6.01. The zero-order chi connectivity index (χ0) is 17.2. The van der Waals surface area contributed by atoms with Gasteiger partial charge in [0.05, 0.1) is 17.5 Å². The van der Waals surface area contributed by atoms with Crippen LogP contribution in [0, 0.1) is 0 Å². The van der Waals surface area contributed by atoms with Crippen LogP contribution in [0.1, 0.15) is 25.8 Å². The molecule has 0 radical (unpaired) electrons. The molecule has 6 nitrogen and oxygen atoms in total. The van der Waals surface area contributed by atoms with Gasteiger partial charge in [-0.1, -0.05) is 43.7 Å². The first kappa shape index (κ1) is 16.9. The molecular weight excluding hydrogens is 326 g/mol. The van der Waals surface area contributed by atoms with E-state index in [4.69, 9.17) is 0 Å². The fraction of sp³-hybridized carbons (Fsp3) is 0.412. The second-order valence-corrected chi connectivity index (χ2v) is 8.10. The molecule has 24 heavy (non-hydrogen) atoms. The monoisotopic (exact) mass is 347 g/mol. The average Bonchev–Trinajstić information content (AvgIpc) is 2.54. The van der Waals surface area contributed by atoms with Crippen molar-refractivity contribution in [2.75, 3.05) is 18.8 Å². The topological polar surface area (TPSA) is 72.3 Å². The van der Waals surface area contributed by atoms with Crippen molar-refractivity contribution in [1.29, 1.82) is 0 Å². The summed E-state index contributed by atoms with van der Waals surface area (Å²) in [5.41, 5.74) is 1.44. The third-order valence-electron chi connectivity index (χ3n) is 4.22.